The topological polar surface area (TPSA) is 79.2 Å². The first-order valence-corrected chi connectivity index (χ1v) is 10.1. The Kier molecular flexibility index (Phi) is 8.30. The van der Waals surface area contributed by atoms with Gasteiger partial charge in [0.1, 0.15) is 18.5 Å². The van der Waals surface area contributed by atoms with Gasteiger partial charge in [0.15, 0.2) is 0 Å². The highest BCUT2D eigenvalue weighted by atomic mass is 35.5. The van der Waals surface area contributed by atoms with Crippen LogP contribution in [0.3, 0.4) is 0 Å². The summed E-state index contributed by atoms with van der Waals surface area (Å²) >= 11 is 7.54. The number of carbonyl (C=O) groups excluding carboxylic acids is 2. The molecule has 0 spiro atoms. The van der Waals surface area contributed by atoms with Gasteiger partial charge in [0, 0.05) is 5.56 Å². The smallest absolute Gasteiger partial charge is 0.329 e. The monoisotopic (exact) mass is 420 g/mol. The third-order valence-electron chi connectivity index (χ3n) is 3.86. The number of esters is 1. The van der Waals surface area contributed by atoms with E-state index >= 15 is 0 Å². The zero-order valence-corrected chi connectivity index (χ0v) is 16.6. The van der Waals surface area contributed by atoms with Crippen LogP contribution in [-0.4, -0.2) is 29.9 Å². The van der Waals surface area contributed by atoms with Crippen LogP contribution in [0.2, 0.25) is 5.02 Å². The predicted octanol–water partition coefficient (Wildman–Crippen LogP) is 3.95. The normalized spacial score (nSPS) is 11.4. The van der Waals surface area contributed by atoms with Crippen LogP contribution in [0, 0.1) is 17.1 Å². The molecule has 0 radical (unpaired) electrons. The molecule has 146 valence electrons. The summed E-state index contributed by atoms with van der Waals surface area (Å²) in [6.45, 7) is -0.335. The van der Waals surface area contributed by atoms with Crippen LogP contribution in [0.25, 0.3) is 0 Å². The lowest BCUT2D eigenvalue weighted by Crippen LogP contribution is -2.42. The number of ether oxygens (including phenoxy) is 1. The second kappa shape index (κ2) is 10.7. The van der Waals surface area contributed by atoms with Crippen molar-refractivity contribution >= 4 is 35.2 Å². The minimum Gasteiger partial charge on any atom is -0.459 e. The molecule has 2 aromatic carbocycles. The second-order valence-electron chi connectivity index (χ2n) is 5.81. The molecule has 0 bridgehead atoms. The molecule has 1 unspecified atom stereocenters. The standard InChI is InChI=1S/C20H18ClFN2O3S/c1-28-9-8-18(24-19(25)15-4-2-3-5-16(15)21)20(26)27-12-14-10-13(11-23)6-7-17(14)22/h2-7,10,18H,8-9,12H2,1H3,(H,24,25). The third-order valence-corrected chi connectivity index (χ3v) is 4.84. The number of benzene rings is 2. The van der Waals surface area contributed by atoms with Crippen molar-refractivity contribution in [2.45, 2.75) is 19.1 Å². The van der Waals surface area contributed by atoms with Crippen molar-refractivity contribution in [1.29, 1.82) is 5.26 Å². The molecule has 0 aliphatic heterocycles. The van der Waals surface area contributed by atoms with E-state index in [0.717, 1.165) is 6.07 Å². The maximum atomic E-state index is 13.8. The quantitative estimate of drug-likeness (QED) is 0.654. The van der Waals surface area contributed by atoms with Gasteiger partial charge >= 0.3 is 5.97 Å². The number of rotatable bonds is 8. The van der Waals surface area contributed by atoms with Crippen molar-refractivity contribution in [3.8, 4) is 6.07 Å². The van der Waals surface area contributed by atoms with Gasteiger partial charge in [-0.3, -0.25) is 4.79 Å². The fraction of sp³-hybridized carbons (Fsp3) is 0.250. The van der Waals surface area contributed by atoms with Gasteiger partial charge in [-0.25, -0.2) is 9.18 Å². The summed E-state index contributed by atoms with van der Waals surface area (Å²) in [5.74, 6) is -1.14. The molecule has 0 aromatic heterocycles. The molecule has 1 atom stereocenters. The van der Waals surface area contributed by atoms with Crippen molar-refractivity contribution < 1.29 is 18.7 Å². The number of nitrogens with zero attached hydrogens (tertiary/aromatic N) is 1. The van der Waals surface area contributed by atoms with Crippen molar-refractivity contribution in [1.82, 2.24) is 5.32 Å². The minimum atomic E-state index is -0.904. The number of carbonyl (C=O) groups is 2. The van der Waals surface area contributed by atoms with Gasteiger partial charge in [-0.15, -0.1) is 0 Å². The number of amides is 1. The molecule has 1 amide bonds. The Balaban J connectivity index is 2.07. The van der Waals surface area contributed by atoms with Crippen LogP contribution in [0.15, 0.2) is 42.5 Å². The zero-order chi connectivity index (χ0) is 20.5. The van der Waals surface area contributed by atoms with Gasteiger partial charge in [0.2, 0.25) is 0 Å². The van der Waals surface area contributed by atoms with Crippen LogP contribution >= 0.6 is 23.4 Å². The van der Waals surface area contributed by atoms with Gasteiger partial charge in [0.25, 0.3) is 5.91 Å². The summed E-state index contributed by atoms with van der Waals surface area (Å²) in [6, 6.07) is 11.3. The van der Waals surface area contributed by atoms with E-state index in [-0.39, 0.29) is 28.3 Å². The molecule has 0 heterocycles. The first-order chi connectivity index (χ1) is 13.5. The maximum absolute atomic E-state index is 13.8. The van der Waals surface area contributed by atoms with E-state index in [2.05, 4.69) is 5.32 Å². The van der Waals surface area contributed by atoms with Gasteiger partial charge < -0.3 is 10.1 Å². The molecule has 28 heavy (non-hydrogen) atoms. The zero-order valence-electron chi connectivity index (χ0n) is 15.1. The summed E-state index contributed by atoms with van der Waals surface area (Å²) in [5.41, 5.74) is 0.603. The first kappa shape index (κ1) is 21.7. The summed E-state index contributed by atoms with van der Waals surface area (Å²) in [6.07, 6.45) is 2.22. The van der Waals surface area contributed by atoms with E-state index in [1.54, 1.807) is 24.3 Å². The molecule has 0 aliphatic rings. The fourth-order valence-electron chi connectivity index (χ4n) is 2.37. The van der Waals surface area contributed by atoms with Gasteiger partial charge in [-0.1, -0.05) is 23.7 Å². The highest BCUT2D eigenvalue weighted by molar-refractivity contribution is 7.98. The number of hydrogen-bond acceptors (Lipinski definition) is 5. The number of thioether (sulfide) groups is 1. The molecule has 5 nitrogen and oxygen atoms in total. The Morgan fingerprint density at radius 1 is 1.32 bits per heavy atom. The summed E-state index contributed by atoms with van der Waals surface area (Å²) in [7, 11) is 0. The van der Waals surface area contributed by atoms with Crippen molar-refractivity contribution in [3.63, 3.8) is 0 Å². The van der Waals surface area contributed by atoms with E-state index in [1.165, 1.54) is 23.9 Å². The molecular formula is C20H18ClFN2O3S. The van der Waals surface area contributed by atoms with Gasteiger partial charge in [-0.05, 0) is 48.8 Å². The molecule has 1 N–H and O–H groups in total. The lowest BCUT2D eigenvalue weighted by Gasteiger charge is -2.18. The van der Waals surface area contributed by atoms with Crippen LogP contribution < -0.4 is 5.32 Å². The molecule has 0 fully saturated rings. The molecule has 0 saturated carbocycles. The lowest BCUT2D eigenvalue weighted by molar-refractivity contribution is -0.147. The molecular weight excluding hydrogens is 403 g/mol. The lowest BCUT2D eigenvalue weighted by atomic mass is 10.1. The van der Waals surface area contributed by atoms with Crippen LogP contribution in [0.4, 0.5) is 4.39 Å². The first-order valence-electron chi connectivity index (χ1n) is 8.35. The van der Waals surface area contributed by atoms with E-state index in [1.807, 2.05) is 12.3 Å². The number of halogens is 2. The SMILES string of the molecule is CSCCC(NC(=O)c1ccccc1Cl)C(=O)OCc1cc(C#N)ccc1F. The van der Waals surface area contributed by atoms with Crippen molar-refractivity contribution in [3.05, 3.63) is 70.0 Å². The van der Waals surface area contributed by atoms with Crippen molar-refractivity contribution in [2.75, 3.05) is 12.0 Å². The van der Waals surface area contributed by atoms with E-state index in [4.69, 9.17) is 21.6 Å². The average molecular weight is 421 g/mol. The highest BCUT2D eigenvalue weighted by Gasteiger charge is 2.24. The van der Waals surface area contributed by atoms with Crippen LogP contribution in [0.1, 0.15) is 27.9 Å². The summed E-state index contributed by atoms with van der Waals surface area (Å²) in [5, 5.41) is 11.8. The number of hydrogen-bond donors (Lipinski definition) is 1. The number of nitriles is 1. The van der Waals surface area contributed by atoms with E-state index in [9.17, 15) is 14.0 Å². The molecule has 8 heteroatoms. The summed E-state index contributed by atoms with van der Waals surface area (Å²) < 4.78 is 19.0. The second-order valence-corrected chi connectivity index (χ2v) is 7.21. The Morgan fingerprint density at radius 3 is 2.75 bits per heavy atom. The highest BCUT2D eigenvalue weighted by Crippen LogP contribution is 2.16. The van der Waals surface area contributed by atoms with E-state index in [0.29, 0.717) is 12.2 Å². The molecule has 2 aromatic rings. The third kappa shape index (κ3) is 5.98. The molecule has 0 aliphatic carbocycles. The largest absolute Gasteiger partial charge is 0.459 e. The molecule has 2 rings (SSSR count). The van der Waals surface area contributed by atoms with E-state index < -0.39 is 23.7 Å². The van der Waals surface area contributed by atoms with Crippen LogP contribution in [0.5, 0.6) is 0 Å². The average Bonchev–Trinajstić information content (AvgIpc) is 2.70. The molecule has 0 saturated heterocycles. The van der Waals surface area contributed by atoms with Gasteiger partial charge in [0.05, 0.1) is 22.2 Å². The Labute approximate surface area is 171 Å². The van der Waals surface area contributed by atoms with Crippen LogP contribution in [-0.2, 0) is 16.1 Å². The maximum Gasteiger partial charge on any atom is 0.329 e. The summed E-state index contributed by atoms with van der Waals surface area (Å²) in [4.78, 5) is 24.9. The predicted molar refractivity (Wildman–Crippen MR) is 107 cm³/mol. The number of nitrogens with one attached hydrogen (secondary N) is 1. The minimum absolute atomic E-state index is 0.0912. The Bertz CT molecular complexity index is 901. The van der Waals surface area contributed by atoms with Gasteiger partial charge in [-0.2, -0.15) is 17.0 Å². The van der Waals surface area contributed by atoms with Crippen molar-refractivity contribution in [2.24, 2.45) is 0 Å². The fourth-order valence-corrected chi connectivity index (χ4v) is 3.06. The Morgan fingerprint density at radius 2 is 2.07 bits per heavy atom. The Hall–Kier alpha value is -2.56.